The molecule has 5 aromatic heterocycles. The first-order valence-electron chi connectivity index (χ1n) is 21.4. The van der Waals surface area contributed by atoms with Crippen LogP contribution in [-0.2, 0) is 5.54 Å². The molecule has 0 saturated carbocycles. The molecule has 12 rings (SSSR count). The molecular formula is C55H44N4S. The maximum atomic E-state index is 4.88. The molecule has 60 heavy (non-hydrogen) atoms. The molecule has 5 heteroatoms. The minimum atomic E-state index is -0.255. The monoisotopic (exact) mass is 792 g/mol. The van der Waals surface area contributed by atoms with Crippen LogP contribution in [0.3, 0.4) is 0 Å². The highest BCUT2D eigenvalue weighted by Crippen LogP contribution is 2.45. The largest absolute Gasteiger partial charge is 0.333 e. The molecule has 0 aliphatic heterocycles. The number of hydrogen-bond donors (Lipinski definition) is 0. The quantitative estimate of drug-likeness (QED) is 0.151. The Hall–Kier alpha value is -6.69. The van der Waals surface area contributed by atoms with Gasteiger partial charge in [-0.3, -0.25) is 4.98 Å². The molecule has 2 unspecified atom stereocenters. The van der Waals surface area contributed by atoms with Crippen molar-refractivity contribution >= 4 is 97.1 Å². The maximum Gasteiger partial charge on any atom is 0.0909 e. The van der Waals surface area contributed by atoms with Gasteiger partial charge in [-0.1, -0.05) is 123 Å². The van der Waals surface area contributed by atoms with Gasteiger partial charge >= 0.3 is 0 Å². The first kappa shape index (κ1) is 35.3. The van der Waals surface area contributed by atoms with Crippen molar-refractivity contribution < 1.29 is 0 Å². The minimum absolute atomic E-state index is 0.138. The lowest BCUT2D eigenvalue weighted by Crippen LogP contribution is -2.31. The van der Waals surface area contributed by atoms with Crippen molar-refractivity contribution in [2.24, 2.45) is 0 Å². The first-order chi connectivity index (χ1) is 29.6. The number of fused-ring (bicyclic) bond motifs is 12. The van der Waals surface area contributed by atoms with Crippen molar-refractivity contribution in [3.63, 3.8) is 0 Å². The van der Waals surface area contributed by atoms with E-state index in [1.807, 2.05) is 17.5 Å². The Morgan fingerprint density at radius 1 is 0.550 bits per heavy atom. The van der Waals surface area contributed by atoms with E-state index in [-0.39, 0.29) is 11.6 Å². The summed E-state index contributed by atoms with van der Waals surface area (Å²) in [4.78, 5) is 4.88. The van der Waals surface area contributed by atoms with E-state index >= 15 is 0 Å². The second-order valence-electron chi connectivity index (χ2n) is 16.7. The van der Waals surface area contributed by atoms with Crippen LogP contribution in [0.4, 0.5) is 0 Å². The summed E-state index contributed by atoms with van der Waals surface area (Å²) in [5.74, 6) is 0. The molecule has 290 valence electrons. The van der Waals surface area contributed by atoms with E-state index in [1.54, 1.807) is 0 Å². The molecule has 0 radical (unpaired) electrons. The Kier molecular flexibility index (Phi) is 7.89. The fourth-order valence-electron chi connectivity index (χ4n) is 10.8. The van der Waals surface area contributed by atoms with Gasteiger partial charge in [0, 0.05) is 70.7 Å². The van der Waals surface area contributed by atoms with Crippen molar-refractivity contribution in [1.82, 2.24) is 18.7 Å². The Labute approximate surface area is 352 Å². The number of nitrogens with zero attached hydrogens (tertiary/aromatic N) is 4. The summed E-state index contributed by atoms with van der Waals surface area (Å²) in [7, 11) is 0. The summed E-state index contributed by atoms with van der Waals surface area (Å²) in [6.45, 7) is 7.11. The molecule has 12 aromatic rings. The smallest absolute Gasteiger partial charge is 0.0909 e. The summed E-state index contributed by atoms with van der Waals surface area (Å²) in [5, 5.41) is 9.00. The van der Waals surface area contributed by atoms with Gasteiger partial charge < -0.3 is 13.7 Å². The van der Waals surface area contributed by atoms with Crippen molar-refractivity contribution in [3.8, 4) is 5.69 Å². The van der Waals surface area contributed by atoms with Gasteiger partial charge in [-0.25, -0.2) is 0 Å². The van der Waals surface area contributed by atoms with Gasteiger partial charge in [0.25, 0.3) is 0 Å². The number of para-hydroxylation sites is 4. The van der Waals surface area contributed by atoms with E-state index in [0.29, 0.717) is 0 Å². The van der Waals surface area contributed by atoms with Gasteiger partial charge in [0.15, 0.2) is 0 Å². The van der Waals surface area contributed by atoms with Gasteiger partial charge in [-0.05, 0) is 91.6 Å². The summed E-state index contributed by atoms with van der Waals surface area (Å²) < 4.78 is 10.2. The lowest BCUT2D eigenvalue weighted by atomic mass is 9.85. The Morgan fingerprint density at radius 3 is 1.80 bits per heavy atom. The maximum absolute atomic E-state index is 4.88. The summed E-state index contributed by atoms with van der Waals surface area (Å²) in [6.07, 6.45) is 5.03. The lowest BCUT2D eigenvalue weighted by Gasteiger charge is -2.34. The zero-order valence-corrected chi connectivity index (χ0v) is 34.9. The average Bonchev–Trinajstić information content (AvgIpc) is 4.04. The number of benzene rings is 7. The highest BCUT2D eigenvalue weighted by Gasteiger charge is 2.32. The molecule has 2 atom stereocenters. The normalized spacial score (nSPS) is 13.8. The van der Waals surface area contributed by atoms with Crippen LogP contribution in [-0.4, -0.2) is 18.7 Å². The topological polar surface area (TPSA) is 27.7 Å². The van der Waals surface area contributed by atoms with Crippen molar-refractivity contribution in [2.75, 3.05) is 0 Å². The number of rotatable bonds is 8. The average molecular weight is 793 g/mol. The lowest BCUT2D eigenvalue weighted by molar-refractivity contribution is 0.380. The van der Waals surface area contributed by atoms with Crippen LogP contribution >= 0.6 is 11.3 Å². The molecule has 0 saturated heterocycles. The second-order valence-corrected chi connectivity index (χ2v) is 17.7. The molecule has 4 nitrogen and oxygen atoms in total. The summed E-state index contributed by atoms with van der Waals surface area (Å²) >= 11 is 1.83. The van der Waals surface area contributed by atoms with Crippen LogP contribution in [0.2, 0.25) is 0 Å². The van der Waals surface area contributed by atoms with E-state index < -0.39 is 0 Å². The predicted octanol–water partition coefficient (Wildman–Crippen LogP) is 15.3. The van der Waals surface area contributed by atoms with E-state index in [2.05, 4.69) is 198 Å². The van der Waals surface area contributed by atoms with Crippen molar-refractivity contribution in [2.45, 2.75) is 51.6 Å². The minimum Gasteiger partial charge on any atom is -0.333 e. The van der Waals surface area contributed by atoms with Gasteiger partial charge in [0.05, 0.1) is 38.5 Å². The van der Waals surface area contributed by atoms with Crippen molar-refractivity contribution in [1.29, 1.82) is 0 Å². The highest BCUT2D eigenvalue weighted by molar-refractivity contribution is 7.26. The Morgan fingerprint density at radius 2 is 1.10 bits per heavy atom. The third kappa shape index (κ3) is 4.93. The molecule has 0 N–H and O–H groups in total. The standard InChI is InChI=1S/C55H44N4S/c1-4-31-55(3,59-49-23-13-8-16-37(49)38-17-9-14-24-50(38)59)36-27-29-48-43(34-36)40-19-7-11-21-45(40)57(48)44(5-2)35-26-28-47-42(33-35)39-18-6-12-22-46(39)58(47)51-30-32-56-53-41-20-10-15-25-52(41)60-54(51)53/h6-30,32-34,44H,4-5,31H2,1-3H3. The third-order valence-electron chi connectivity index (χ3n) is 13.4. The number of thiophene rings is 1. The molecule has 0 spiro atoms. The summed E-state index contributed by atoms with van der Waals surface area (Å²) in [6, 6.07) is 61.3. The predicted molar refractivity (Wildman–Crippen MR) is 256 cm³/mol. The van der Waals surface area contributed by atoms with Gasteiger partial charge in [0.1, 0.15) is 0 Å². The van der Waals surface area contributed by atoms with Crippen LogP contribution in [0.1, 0.15) is 57.2 Å². The van der Waals surface area contributed by atoms with Crippen molar-refractivity contribution in [3.05, 3.63) is 181 Å². The van der Waals surface area contributed by atoms with E-state index in [0.717, 1.165) is 24.8 Å². The molecule has 0 amide bonds. The van der Waals surface area contributed by atoms with Crippen LogP contribution in [0.5, 0.6) is 0 Å². The fourth-order valence-corrected chi connectivity index (χ4v) is 12.0. The van der Waals surface area contributed by atoms with Gasteiger partial charge in [0.2, 0.25) is 0 Å². The number of hydrogen-bond acceptors (Lipinski definition) is 2. The highest BCUT2D eigenvalue weighted by atomic mass is 32.1. The van der Waals surface area contributed by atoms with E-state index in [9.17, 15) is 0 Å². The van der Waals surface area contributed by atoms with E-state index in [4.69, 9.17) is 4.98 Å². The Balaban J connectivity index is 1.04. The van der Waals surface area contributed by atoms with Crippen LogP contribution in [0.15, 0.2) is 170 Å². The first-order valence-corrected chi connectivity index (χ1v) is 22.2. The molecule has 0 fully saturated rings. The molecule has 7 aromatic carbocycles. The molecular weight excluding hydrogens is 749 g/mol. The molecule has 0 aliphatic carbocycles. The van der Waals surface area contributed by atoms with Gasteiger partial charge in [-0.15, -0.1) is 11.3 Å². The third-order valence-corrected chi connectivity index (χ3v) is 14.6. The number of aromatic nitrogens is 4. The SMILES string of the molecule is CCCC(C)(c1ccc2c(c1)c1ccccc1n2C(CC)c1ccc2c(c1)c1ccccc1n2-c1ccnc2c1sc1ccccc12)n1c2ccccc2c2ccccc21. The number of pyridine rings is 1. The molecule has 5 heterocycles. The van der Waals surface area contributed by atoms with Crippen LogP contribution in [0.25, 0.3) is 91.4 Å². The molecule has 0 aliphatic rings. The second kappa shape index (κ2) is 13.4. The van der Waals surface area contributed by atoms with Crippen LogP contribution < -0.4 is 0 Å². The molecule has 0 bridgehead atoms. The summed E-state index contributed by atoms with van der Waals surface area (Å²) in [5.41, 5.74) is 12.2. The van der Waals surface area contributed by atoms with Crippen LogP contribution in [0, 0.1) is 0 Å². The zero-order chi connectivity index (χ0) is 40.1. The van der Waals surface area contributed by atoms with E-state index in [1.165, 1.54) is 97.0 Å². The Bertz CT molecular complexity index is 3600. The van der Waals surface area contributed by atoms with Gasteiger partial charge in [-0.2, -0.15) is 0 Å². The fraction of sp³-hybridized carbons (Fsp3) is 0.145. The zero-order valence-electron chi connectivity index (χ0n) is 34.1.